The van der Waals surface area contributed by atoms with Crippen LogP contribution < -0.4 is 0 Å². The fraction of sp³-hybridized carbons (Fsp3) is 0.375. The Morgan fingerprint density at radius 3 is 2.31 bits per heavy atom. The number of hydrogen-bond acceptors (Lipinski definition) is 5. The maximum atomic E-state index is 11.5. The molecule has 0 unspecified atom stereocenters. The van der Waals surface area contributed by atoms with E-state index < -0.39 is 6.29 Å². The van der Waals surface area contributed by atoms with E-state index in [1.54, 1.807) is 0 Å². The molecule has 0 aliphatic carbocycles. The van der Waals surface area contributed by atoms with Gasteiger partial charge in [-0.15, -0.1) is 0 Å². The van der Waals surface area contributed by atoms with Crippen LogP contribution in [0.5, 0.6) is 0 Å². The Morgan fingerprint density at radius 2 is 1.85 bits per heavy atom. The van der Waals surface area contributed by atoms with Crippen molar-refractivity contribution in [1.29, 1.82) is 0 Å². The summed E-state index contributed by atoms with van der Waals surface area (Å²) < 4.78 is 9.58. The van der Waals surface area contributed by atoms with Gasteiger partial charge in [-0.05, 0) is 0 Å². The fourth-order valence-corrected chi connectivity index (χ4v) is 0.873. The number of ether oxygens (including phenoxy) is 2. The van der Waals surface area contributed by atoms with E-state index in [0.717, 1.165) is 0 Å². The molecule has 0 aliphatic heterocycles. The summed E-state index contributed by atoms with van der Waals surface area (Å²) in [4.78, 5) is 18.9. The highest BCUT2D eigenvalue weighted by Gasteiger charge is 2.18. The van der Waals surface area contributed by atoms with E-state index in [1.165, 1.54) is 32.9 Å². The van der Waals surface area contributed by atoms with Crippen LogP contribution in [0.1, 0.15) is 10.4 Å². The van der Waals surface area contributed by atoms with E-state index >= 15 is 0 Å². The van der Waals surface area contributed by atoms with E-state index in [1.807, 2.05) is 0 Å². The van der Waals surface area contributed by atoms with Gasteiger partial charge < -0.3 is 9.47 Å². The molecule has 0 saturated heterocycles. The lowest BCUT2D eigenvalue weighted by Gasteiger charge is -2.10. The third-order valence-electron chi connectivity index (χ3n) is 1.49. The monoisotopic (exact) mass is 182 g/mol. The molecule has 1 aromatic heterocycles. The van der Waals surface area contributed by atoms with E-state index in [-0.39, 0.29) is 5.78 Å². The van der Waals surface area contributed by atoms with E-state index in [4.69, 9.17) is 9.47 Å². The maximum Gasteiger partial charge on any atom is 0.222 e. The molecule has 0 fully saturated rings. The highest BCUT2D eigenvalue weighted by Crippen LogP contribution is 2.03. The summed E-state index contributed by atoms with van der Waals surface area (Å²) in [5, 5.41) is 0. The predicted octanol–water partition coefficient (Wildman–Crippen LogP) is 0.278. The van der Waals surface area contributed by atoms with Gasteiger partial charge in [0.2, 0.25) is 12.1 Å². The van der Waals surface area contributed by atoms with Crippen molar-refractivity contribution in [3.8, 4) is 0 Å². The zero-order valence-corrected chi connectivity index (χ0v) is 7.43. The molecule has 70 valence electrons. The summed E-state index contributed by atoms with van der Waals surface area (Å²) in [5.74, 6) is -0.286. The first-order valence-electron chi connectivity index (χ1n) is 3.64. The molecule has 0 bridgehead atoms. The maximum absolute atomic E-state index is 11.5. The highest BCUT2D eigenvalue weighted by molar-refractivity contribution is 5.98. The Bertz CT molecular complexity index is 272. The summed E-state index contributed by atoms with van der Waals surface area (Å²) in [6.45, 7) is 0. The molecule has 1 rings (SSSR count). The zero-order chi connectivity index (χ0) is 9.68. The number of Topliss-reactive ketones (excluding diaryl/α,β-unsaturated/α-hetero) is 1. The Labute approximate surface area is 75.7 Å². The van der Waals surface area contributed by atoms with Crippen LogP contribution in [0.15, 0.2) is 18.7 Å². The first kappa shape index (κ1) is 9.76. The standard InChI is InChI=1S/C8H10N2O3/c1-12-8(13-2)7(11)6-3-9-5-10-4-6/h3-5,8H,1-2H3. The van der Waals surface area contributed by atoms with Gasteiger partial charge in [0.15, 0.2) is 0 Å². The van der Waals surface area contributed by atoms with Gasteiger partial charge >= 0.3 is 0 Å². The van der Waals surface area contributed by atoms with Crippen molar-refractivity contribution in [3.63, 3.8) is 0 Å². The molecule has 1 aromatic rings. The molecule has 0 amide bonds. The van der Waals surface area contributed by atoms with Crippen LogP contribution in [-0.2, 0) is 9.47 Å². The summed E-state index contributed by atoms with van der Waals surface area (Å²) in [6, 6.07) is 0. The number of carbonyl (C=O) groups is 1. The van der Waals surface area contributed by atoms with Crippen molar-refractivity contribution in [2.75, 3.05) is 14.2 Å². The van der Waals surface area contributed by atoms with Gasteiger partial charge in [-0.3, -0.25) is 4.79 Å². The van der Waals surface area contributed by atoms with Gasteiger partial charge in [-0.1, -0.05) is 0 Å². The lowest BCUT2D eigenvalue weighted by atomic mass is 10.2. The highest BCUT2D eigenvalue weighted by atomic mass is 16.7. The average Bonchev–Trinajstić information content (AvgIpc) is 2.21. The van der Waals surface area contributed by atoms with Gasteiger partial charge in [0.1, 0.15) is 6.33 Å². The lowest BCUT2D eigenvalue weighted by Crippen LogP contribution is -2.25. The molecule has 0 spiro atoms. The van der Waals surface area contributed by atoms with Gasteiger partial charge in [0, 0.05) is 26.6 Å². The smallest absolute Gasteiger partial charge is 0.222 e. The second-order valence-corrected chi connectivity index (χ2v) is 2.29. The molecule has 0 N–H and O–H groups in total. The number of ketones is 1. The quantitative estimate of drug-likeness (QED) is 0.494. The van der Waals surface area contributed by atoms with Gasteiger partial charge in [-0.25, -0.2) is 9.97 Å². The molecule has 0 saturated carbocycles. The van der Waals surface area contributed by atoms with Crippen LogP contribution in [0.25, 0.3) is 0 Å². The fourth-order valence-electron chi connectivity index (χ4n) is 0.873. The number of aromatic nitrogens is 2. The first-order valence-corrected chi connectivity index (χ1v) is 3.64. The normalized spacial score (nSPS) is 10.4. The number of hydrogen-bond donors (Lipinski definition) is 0. The van der Waals surface area contributed by atoms with Crippen molar-refractivity contribution < 1.29 is 14.3 Å². The molecule has 0 atom stereocenters. The van der Waals surface area contributed by atoms with Gasteiger partial charge in [-0.2, -0.15) is 0 Å². The second kappa shape index (κ2) is 4.64. The Morgan fingerprint density at radius 1 is 1.31 bits per heavy atom. The Hall–Kier alpha value is -1.33. The minimum absolute atomic E-state index is 0.286. The third-order valence-corrected chi connectivity index (χ3v) is 1.49. The summed E-state index contributed by atoms with van der Waals surface area (Å²) >= 11 is 0. The SMILES string of the molecule is COC(OC)C(=O)c1cncnc1. The average molecular weight is 182 g/mol. The predicted molar refractivity (Wildman–Crippen MR) is 44.2 cm³/mol. The molecule has 13 heavy (non-hydrogen) atoms. The number of methoxy groups -OCH3 is 2. The summed E-state index contributed by atoms with van der Waals surface area (Å²) in [7, 11) is 2.80. The number of rotatable bonds is 4. The molecule has 5 heteroatoms. The molecule has 0 radical (unpaired) electrons. The van der Waals surface area contributed by atoms with Crippen molar-refractivity contribution in [2.45, 2.75) is 6.29 Å². The van der Waals surface area contributed by atoms with E-state index in [0.29, 0.717) is 5.56 Å². The van der Waals surface area contributed by atoms with Crippen LogP contribution in [0.3, 0.4) is 0 Å². The van der Waals surface area contributed by atoms with Crippen LogP contribution in [0.2, 0.25) is 0 Å². The number of nitrogens with zero attached hydrogens (tertiary/aromatic N) is 2. The van der Waals surface area contributed by atoms with Crippen LogP contribution >= 0.6 is 0 Å². The van der Waals surface area contributed by atoms with Crippen molar-refractivity contribution in [2.24, 2.45) is 0 Å². The summed E-state index contributed by atoms with van der Waals surface area (Å²) in [6.07, 6.45) is 3.30. The van der Waals surface area contributed by atoms with E-state index in [2.05, 4.69) is 9.97 Å². The molecule has 0 aliphatic rings. The van der Waals surface area contributed by atoms with Gasteiger partial charge in [0.05, 0.1) is 5.56 Å². The largest absolute Gasteiger partial charge is 0.349 e. The van der Waals surface area contributed by atoms with Crippen molar-refractivity contribution in [1.82, 2.24) is 9.97 Å². The topological polar surface area (TPSA) is 61.3 Å². The second-order valence-electron chi connectivity index (χ2n) is 2.29. The molecule has 5 nitrogen and oxygen atoms in total. The van der Waals surface area contributed by atoms with Gasteiger partial charge in [0.25, 0.3) is 0 Å². The Kier molecular flexibility index (Phi) is 3.48. The van der Waals surface area contributed by atoms with Crippen LogP contribution in [-0.4, -0.2) is 36.3 Å². The van der Waals surface area contributed by atoms with E-state index in [9.17, 15) is 4.79 Å². The third kappa shape index (κ3) is 2.30. The molecular weight excluding hydrogens is 172 g/mol. The minimum atomic E-state index is -0.883. The molecule has 0 aromatic carbocycles. The minimum Gasteiger partial charge on any atom is -0.349 e. The number of carbonyl (C=O) groups excluding carboxylic acids is 1. The van der Waals surface area contributed by atoms with Crippen molar-refractivity contribution >= 4 is 5.78 Å². The van der Waals surface area contributed by atoms with Crippen LogP contribution in [0, 0.1) is 0 Å². The van der Waals surface area contributed by atoms with Crippen LogP contribution in [0.4, 0.5) is 0 Å². The first-order chi connectivity index (χ1) is 6.29. The zero-order valence-electron chi connectivity index (χ0n) is 7.43. The molecular formula is C8H10N2O3. The van der Waals surface area contributed by atoms with Crippen molar-refractivity contribution in [3.05, 3.63) is 24.3 Å². The lowest BCUT2D eigenvalue weighted by molar-refractivity contribution is -0.0742. The summed E-state index contributed by atoms with van der Waals surface area (Å²) in [5.41, 5.74) is 0.371. The Balaban J connectivity index is 2.78. The molecule has 1 heterocycles.